The van der Waals surface area contributed by atoms with E-state index in [1.165, 1.54) is 30.3 Å². The van der Waals surface area contributed by atoms with E-state index in [1.807, 2.05) is 0 Å². The molecule has 0 saturated heterocycles. The number of carbonyl (C=O) groups is 2. The van der Waals surface area contributed by atoms with Crippen LogP contribution in [0.1, 0.15) is 19.4 Å². The van der Waals surface area contributed by atoms with Gasteiger partial charge in [-0.2, -0.15) is 0 Å². The monoisotopic (exact) mass is 260 g/mol. The molecular weight excluding hydrogens is 248 g/mol. The molecule has 0 aromatic heterocycles. The average molecular weight is 260 g/mol. The highest BCUT2D eigenvalue weighted by molar-refractivity contribution is 6.33. The largest absolute Gasteiger partial charge is 0.272 e. The minimum Gasteiger partial charge on any atom is -0.272 e. The van der Waals surface area contributed by atoms with Crippen LogP contribution in [-0.4, -0.2) is 27.7 Å². The lowest BCUT2D eigenvalue weighted by molar-refractivity contribution is -0.384. The van der Waals surface area contributed by atoms with Crippen LogP contribution in [0.5, 0.6) is 0 Å². The molecule has 2 rings (SSSR count). The molecule has 1 aliphatic heterocycles. The fraction of sp³-hybridized carbons (Fsp3) is 0.231. The first-order valence-corrected chi connectivity index (χ1v) is 5.76. The second-order valence-electron chi connectivity index (χ2n) is 4.47. The first kappa shape index (κ1) is 12.9. The summed E-state index contributed by atoms with van der Waals surface area (Å²) in [7, 11) is 0. The molecule has 0 atom stereocenters. The fourth-order valence-electron chi connectivity index (χ4n) is 1.94. The maximum atomic E-state index is 12.1. The van der Waals surface area contributed by atoms with Crippen molar-refractivity contribution in [3.05, 3.63) is 46.0 Å². The van der Waals surface area contributed by atoms with Crippen LogP contribution in [-0.2, 0) is 9.59 Å². The smallest absolute Gasteiger partial charge is 0.269 e. The van der Waals surface area contributed by atoms with Crippen LogP contribution in [0.4, 0.5) is 5.69 Å². The molecule has 1 aromatic rings. The molecular formula is C13H12N2O4. The SMILES string of the molecule is CC(C)N1C(=O)C=C(c2ccc([N+](=O)[O-])cc2)C1=O. The molecule has 1 aliphatic rings. The molecule has 0 unspecified atom stereocenters. The van der Waals surface area contributed by atoms with E-state index in [9.17, 15) is 19.7 Å². The Bertz CT molecular complexity index is 587. The predicted octanol–water partition coefficient (Wildman–Crippen LogP) is 1.76. The first-order valence-electron chi connectivity index (χ1n) is 5.76. The molecule has 0 saturated carbocycles. The summed E-state index contributed by atoms with van der Waals surface area (Å²) < 4.78 is 0. The molecule has 0 N–H and O–H groups in total. The molecule has 0 bridgehead atoms. The summed E-state index contributed by atoms with van der Waals surface area (Å²) in [5.41, 5.74) is 0.725. The van der Waals surface area contributed by atoms with Crippen molar-refractivity contribution in [3.8, 4) is 0 Å². The number of nitro benzene ring substituents is 1. The number of hydrogen-bond donors (Lipinski definition) is 0. The molecule has 2 amide bonds. The number of nitrogens with zero attached hydrogens (tertiary/aromatic N) is 2. The van der Waals surface area contributed by atoms with Crippen molar-refractivity contribution < 1.29 is 14.5 Å². The van der Waals surface area contributed by atoms with E-state index in [1.54, 1.807) is 13.8 Å². The third kappa shape index (κ3) is 2.24. The number of carbonyl (C=O) groups excluding carboxylic acids is 2. The third-order valence-corrected chi connectivity index (χ3v) is 2.86. The van der Waals surface area contributed by atoms with E-state index in [0.717, 1.165) is 4.90 Å². The van der Waals surface area contributed by atoms with E-state index in [0.29, 0.717) is 5.56 Å². The average Bonchev–Trinajstić information content (AvgIpc) is 2.65. The van der Waals surface area contributed by atoms with Crippen molar-refractivity contribution in [1.29, 1.82) is 0 Å². The predicted molar refractivity (Wildman–Crippen MR) is 68.1 cm³/mol. The highest BCUT2D eigenvalue weighted by Gasteiger charge is 2.33. The van der Waals surface area contributed by atoms with Crippen LogP contribution >= 0.6 is 0 Å². The van der Waals surface area contributed by atoms with Crippen LogP contribution < -0.4 is 0 Å². The quantitative estimate of drug-likeness (QED) is 0.471. The molecule has 0 spiro atoms. The van der Waals surface area contributed by atoms with Crippen molar-refractivity contribution >= 4 is 23.1 Å². The van der Waals surface area contributed by atoms with Crippen molar-refractivity contribution in [1.82, 2.24) is 4.90 Å². The Balaban J connectivity index is 2.33. The van der Waals surface area contributed by atoms with Crippen molar-refractivity contribution in [2.24, 2.45) is 0 Å². The topological polar surface area (TPSA) is 80.5 Å². The summed E-state index contributed by atoms with van der Waals surface area (Å²) in [6.45, 7) is 3.50. The maximum Gasteiger partial charge on any atom is 0.269 e. The second kappa shape index (κ2) is 4.64. The lowest BCUT2D eigenvalue weighted by atomic mass is 10.1. The number of hydrogen-bond acceptors (Lipinski definition) is 4. The molecule has 19 heavy (non-hydrogen) atoms. The van der Waals surface area contributed by atoms with Crippen LogP contribution in [0.2, 0.25) is 0 Å². The van der Waals surface area contributed by atoms with Gasteiger partial charge < -0.3 is 0 Å². The van der Waals surface area contributed by atoms with E-state index >= 15 is 0 Å². The molecule has 6 heteroatoms. The van der Waals surface area contributed by atoms with E-state index in [4.69, 9.17) is 0 Å². The van der Waals surface area contributed by atoms with Crippen molar-refractivity contribution in [2.45, 2.75) is 19.9 Å². The van der Waals surface area contributed by atoms with Gasteiger partial charge in [0.15, 0.2) is 0 Å². The Labute approximate surface area is 109 Å². The Hall–Kier alpha value is -2.50. The number of imide groups is 1. The third-order valence-electron chi connectivity index (χ3n) is 2.86. The summed E-state index contributed by atoms with van der Waals surface area (Å²) in [4.78, 5) is 35.0. The van der Waals surface area contributed by atoms with Gasteiger partial charge in [0, 0.05) is 24.3 Å². The number of rotatable bonds is 3. The van der Waals surface area contributed by atoms with Gasteiger partial charge in [-0.3, -0.25) is 24.6 Å². The van der Waals surface area contributed by atoms with Gasteiger partial charge in [0.2, 0.25) is 0 Å². The highest BCUT2D eigenvalue weighted by atomic mass is 16.6. The van der Waals surface area contributed by atoms with Crippen molar-refractivity contribution in [2.75, 3.05) is 0 Å². The van der Waals surface area contributed by atoms with Gasteiger partial charge >= 0.3 is 0 Å². The zero-order valence-corrected chi connectivity index (χ0v) is 10.5. The number of benzene rings is 1. The van der Waals surface area contributed by atoms with Gasteiger partial charge in [-0.15, -0.1) is 0 Å². The number of amides is 2. The summed E-state index contributed by atoms with van der Waals surface area (Å²) >= 11 is 0. The highest BCUT2D eigenvalue weighted by Crippen LogP contribution is 2.26. The van der Waals surface area contributed by atoms with Gasteiger partial charge in [-0.25, -0.2) is 0 Å². The standard InChI is InChI=1S/C13H12N2O4/c1-8(2)14-12(16)7-11(13(14)17)9-3-5-10(6-4-9)15(18)19/h3-8H,1-2H3. The first-order chi connectivity index (χ1) is 8.91. The molecule has 0 radical (unpaired) electrons. The fourth-order valence-corrected chi connectivity index (χ4v) is 1.94. The minimum atomic E-state index is -0.514. The second-order valence-corrected chi connectivity index (χ2v) is 4.47. The zero-order valence-electron chi connectivity index (χ0n) is 10.5. The molecule has 98 valence electrons. The van der Waals surface area contributed by atoms with E-state index in [-0.39, 0.29) is 29.1 Å². The van der Waals surface area contributed by atoms with Crippen LogP contribution in [0.25, 0.3) is 5.57 Å². The summed E-state index contributed by atoms with van der Waals surface area (Å²) in [5, 5.41) is 10.6. The van der Waals surface area contributed by atoms with Crippen molar-refractivity contribution in [3.63, 3.8) is 0 Å². The molecule has 6 nitrogen and oxygen atoms in total. The summed E-state index contributed by atoms with van der Waals surface area (Å²) in [5.74, 6) is -0.720. The van der Waals surface area contributed by atoms with Gasteiger partial charge in [-0.1, -0.05) is 0 Å². The Kier molecular flexibility index (Phi) is 3.16. The molecule has 0 aliphatic carbocycles. The summed E-state index contributed by atoms with van der Waals surface area (Å²) in [6, 6.07) is 5.35. The van der Waals surface area contributed by atoms with Crippen LogP contribution in [0.3, 0.4) is 0 Å². The lowest BCUT2D eigenvalue weighted by Gasteiger charge is -2.18. The van der Waals surface area contributed by atoms with Crippen LogP contribution in [0, 0.1) is 10.1 Å². The zero-order chi connectivity index (χ0) is 14.2. The summed E-state index contributed by atoms with van der Waals surface area (Å²) in [6.07, 6.45) is 1.27. The van der Waals surface area contributed by atoms with Gasteiger partial charge in [0.1, 0.15) is 0 Å². The lowest BCUT2D eigenvalue weighted by Crippen LogP contribution is -2.36. The van der Waals surface area contributed by atoms with E-state index in [2.05, 4.69) is 0 Å². The van der Waals surface area contributed by atoms with E-state index < -0.39 is 4.92 Å². The molecule has 0 fully saturated rings. The van der Waals surface area contributed by atoms with Gasteiger partial charge in [-0.05, 0) is 31.5 Å². The Morgan fingerprint density at radius 3 is 2.16 bits per heavy atom. The van der Waals surface area contributed by atoms with Crippen LogP contribution in [0.15, 0.2) is 30.3 Å². The van der Waals surface area contributed by atoms with Gasteiger partial charge in [0.25, 0.3) is 17.5 Å². The number of non-ortho nitro benzene ring substituents is 1. The Morgan fingerprint density at radius 2 is 1.74 bits per heavy atom. The normalized spacial score (nSPS) is 15.1. The molecule has 1 heterocycles. The van der Waals surface area contributed by atoms with Gasteiger partial charge in [0.05, 0.1) is 10.5 Å². The minimum absolute atomic E-state index is 0.0539. The maximum absolute atomic E-state index is 12.1. The molecule has 1 aromatic carbocycles. The number of nitro groups is 1. The Morgan fingerprint density at radius 1 is 1.16 bits per heavy atom.